The summed E-state index contributed by atoms with van der Waals surface area (Å²) in [4.78, 5) is 18.3. The minimum atomic E-state index is -4.56. The summed E-state index contributed by atoms with van der Waals surface area (Å²) in [5.41, 5.74) is 6.15. The number of nitrogens with one attached hydrogen (secondary N) is 2. The molecule has 1 spiro atoms. The van der Waals surface area contributed by atoms with Crippen molar-refractivity contribution in [3.8, 4) is 0 Å². The van der Waals surface area contributed by atoms with E-state index in [2.05, 4.69) is 27.7 Å². The minimum Gasteiger partial charge on any atom is -0.381 e. The molecule has 12 heteroatoms. The number of imidazole rings is 1. The number of methoxy groups -OCH3 is 1. The van der Waals surface area contributed by atoms with Gasteiger partial charge < -0.3 is 9.47 Å². The number of hydrogen-bond donors (Lipinski definition) is 2. The molecule has 7 rings (SSSR count). The Morgan fingerprint density at radius 3 is 2.56 bits per heavy atom. The summed E-state index contributed by atoms with van der Waals surface area (Å²) < 4.78 is 57.4. The Bertz CT molecular complexity index is 1350. The number of aromatic nitrogens is 2. The first kappa shape index (κ1) is 27.8. The van der Waals surface area contributed by atoms with E-state index in [4.69, 9.17) is 9.47 Å². The molecular weight excluding hydrogens is 537 g/mol. The third-order valence-corrected chi connectivity index (χ3v) is 10.8. The van der Waals surface area contributed by atoms with Crippen molar-refractivity contribution in [2.24, 2.45) is 16.7 Å². The summed E-state index contributed by atoms with van der Waals surface area (Å²) in [7, 11) is 3.75. The highest BCUT2D eigenvalue weighted by Crippen LogP contribution is 2.53. The first-order valence-corrected chi connectivity index (χ1v) is 14.9. The number of pyridine rings is 1. The summed E-state index contributed by atoms with van der Waals surface area (Å²) in [6, 6.07) is 0.993. The van der Waals surface area contributed by atoms with Gasteiger partial charge in [0.2, 0.25) is 0 Å². The zero-order valence-corrected chi connectivity index (χ0v) is 23.9. The normalized spacial score (nSPS) is 31.7. The molecule has 5 aliphatic rings. The quantitative estimate of drug-likeness (QED) is 0.523. The zero-order chi connectivity index (χ0) is 28.6. The molecule has 2 saturated carbocycles. The van der Waals surface area contributed by atoms with Crippen LogP contribution < -0.4 is 16.5 Å². The largest absolute Gasteiger partial charge is 0.418 e. The molecule has 41 heavy (non-hydrogen) atoms. The Morgan fingerprint density at radius 2 is 1.95 bits per heavy atom. The summed E-state index contributed by atoms with van der Waals surface area (Å²) >= 11 is 0. The average Bonchev–Trinajstić information content (AvgIpc) is 3.19. The molecular formula is C29H41F3N6O3. The van der Waals surface area contributed by atoms with Crippen LogP contribution in [0.25, 0.3) is 5.52 Å². The van der Waals surface area contributed by atoms with Crippen LogP contribution in [0.2, 0.25) is 0 Å². The van der Waals surface area contributed by atoms with Crippen LogP contribution in [0.5, 0.6) is 0 Å². The topological polar surface area (TPSA) is 75.4 Å². The van der Waals surface area contributed by atoms with Crippen molar-refractivity contribution in [1.29, 1.82) is 0 Å². The third-order valence-electron chi connectivity index (χ3n) is 10.8. The number of hydrogen-bond acceptors (Lipinski definition) is 7. The van der Waals surface area contributed by atoms with Gasteiger partial charge in [-0.15, -0.1) is 0 Å². The highest BCUT2D eigenvalue weighted by atomic mass is 19.4. The lowest BCUT2D eigenvalue weighted by atomic mass is 9.63. The number of ether oxygens (including phenoxy) is 2. The molecule has 0 radical (unpaired) electrons. The van der Waals surface area contributed by atoms with Gasteiger partial charge in [0.1, 0.15) is 0 Å². The van der Waals surface area contributed by atoms with Crippen LogP contribution in [0.1, 0.15) is 62.1 Å². The molecule has 3 aliphatic heterocycles. The van der Waals surface area contributed by atoms with Gasteiger partial charge in [0.25, 0.3) is 0 Å². The molecule has 2 N–H and O–H groups in total. The van der Waals surface area contributed by atoms with E-state index in [-0.39, 0.29) is 35.2 Å². The van der Waals surface area contributed by atoms with Gasteiger partial charge in [0.15, 0.2) is 0 Å². The number of alkyl halides is 3. The maximum absolute atomic E-state index is 14.4. The maximum Gasteiger partial charge on any atom is 0.418 e. The summed E-state index contributed by atoms with van der Waals surface area (Å²) in [6.07, 6.45) is 5.14. The van der Waals surface area contributed by atoms with Gasteiger partial charge in [-0.1, -0.05) is 0 Å². The lowest BCUT2D eigenvalue weighted by molar-refractivity contribution is -0.175. The van der Waals surface area contributed by atoms with Crippen LogP contribution in [0.3, 0.4) is 0 Å². The summed E-state index contributed by atoms with van der Waals surface area (Å²) in [5.74, 6) is 0.216. The van der Waals surface area contributed by atoms with Gasteiger partial charge in [0.05, 0.1) is 43.2 Å². The monoisotopic (exact) mass is 578 g/mol. The fourth-order valence-electron chi connectivity index (χ4n) is 7.99. The number of rotatable bonds is 7. The predicted molar refractivity (Wildman–Crippen MR) is 146 cm³/mol. The minimum absolute atomic E-state index is 0.0743. The number of likely N-dealkylation sites (tertiary alicyclic amines) is 1. The predicted octanol–water partition coefficient (Wildman–Crippen LogP) is 3.19. The van der Waals surface area contributed by atoms with Gasteiger partial charge in [-0.3, -0.25) is 18.8 Å². The molecule has 5 fully saturated rings. The summed E-state index contributed by atoms with van der Waals surface area (Å²) in [6.45, 7) is 4.28. The Balaban J connectivity index is 1.20. The SMILES string of the molecule is COC1CC(n2cc3c(C(F)(F)F)cc(CN4CCC5(CC5)C4)cn3c2=O)CC(C2(CC3NNCN3C)COC2)C1. The van der Waals surface area contributed by atoms with E-state index in [0.717, 1.165) is 39.0 Å². The average molecular weight is 579 g/mol. The fourth-order valence-corrected chi connectivity index (χ4v) is 7.99. The molecule has 9 nitrogen and oxygen atoms in total. The highest BCUT2D eigenvalue weighted by Gasteiger charge is 2.51. The van der Waals surface area contributed by atoms with Crippen molar-refractivity contribution < 1.29 is 22.6 Å². The Morgan fingerprint density at radius 1 is 1.15 bits per heavy atom. The van der Waals surface area contributed by atoms with E-state index in [1.165, 1.54) is 29.5 Å². The molecule has 5 heterocycles. The zero-order valence-electron chi connectivity index (χ0n) is 23.9. The van der Waals surface area contributed by atoms with Crippen LogP contribution in [0.15, 0.2) is 23.3 Å². The van der Waals surface area contributed by atoms with E-state index >= 15 is 0 Å². The van der Waals surface area contributed by atoms with Crippen LogP contribution in [0.4, 0.5) is 13.2 Å². The van der Waals surface area contributed by atoms with Crippen molar-refractivity contribution in [3.05, 3.63) is 40.1 Å². The van der Waals surface area contributed by atoms with Crippen molar-refractivity contribution >= 4 is 5.52 Å². The van der Waals surface area contributed by atoms with Gasteiger partial charge in [-0.2, -0.15) is 13.2 Å². The number of fused-ring (bicyclic) bond motifs is 1. The van der Waals surface area contributed by atoms with E-state index in [1.54, 1.807) is 17.9 Å². The molecule has 2 aromatic heterocycles. The molecule has 2 aromatic rings. The number of nitrogens with zero attached hydrogens (tertiary/aromatic N) is 4. The Hall–Kier alpha value is -1.96. The second kappa shape index (κ2) is 10.1. The molecule has 2 aliphatic carbocycles. The number of hydrazine groups is 1. The van der Waals surface area contributed by atoms with E-state index in [0.29, 0.717) is 43.6 Å². The van der Waals surface area contributed by atoms with Crippen LogP contribution in [-0.2, 0) is 22.2 Å². The lowest BCUT2D eigenvalue weighted by Gasteiger charge is -2.52. The molecule has 0 bridgehead atoms. The first-order chi connectivity index (χ1) is 19.6. The number of halogens is 3. The van der Waals surface area contributed by atoms with E-state index in [9.17, 15) is 18.0 Å². The maximum atomic E-state index is 14.4. The molecule has 4 atom stereocenters. The van der Waals surface area contributed by atoms with E-state index < -0.39 is 17.4 Å². The third kappa shape index (κ3) is 5.04. The molecule has 0 aromatic carbocycles. The molecule has 0 amide bonds. The van der Waals surface area contributed by atoms with Gasteiger partial charge in [0, 0.05) is 44.0 Å². The van der Waals surface area contributed by atoms with Crippen LogP contribution in [0, 0.1) is 16.7 Å². The second-order valence-corrected chi connectivity index (χ2v) is 13.5. The standard InChI is InChI=1S/C29H41F3N6O3/c1-35-18-33-34-25(35)11-28(16-41-17-28)20-8-21(10-22(9-20)40-2)37-14-24-23(29(30,31)32)7-19(13-38(24)26(37)39)12-36-6-5-27(15-36)3-4-27/h7,13-14,20-22,25,33-34H,3-6,8-12,15-18H2,1-2H3. The van der Waals surface area contributed by atoms with E-state index in [1.807, 2.05) is 0 Å². The van der Waals surface area contributed by atoms with Crippen molar-refractivity contribution in [3.63, 3.8) is 0 Å². The Labute approximate surface area is 237 Å². The molecule has 4 unspecified atom stereocenters. The van der Waals surface area contributed by atoms with Gasteiger partial charge in [-0.05, 0) is 81.5 Å². The lowest BCUT2D eigenvalue weighted by Crippen LogP contribution is -2.55. The van der Waals surface area contributed by atoms with Gasteiger partial charge in [-0.25, -0.2) is 15.6 Å². The highest BCUT2D eigenvalue weighted by molar-refractivity contribution is 5.56. The summed E-state index contributed by atoms with van der Waals surface area (Å²) in [5, 5.41) is 0. The van der Waals surface area contributed by atoms with Crippen molar-refractivity contribution in [1.82, 2.24) is 29.6 Å². The first-order valence-electron chi connectivity index (χ1n) is 14.9. The fraction of sp³-hybridized carbons (Fsp3) is 0.759. The van der Waals surface area contributed by atoms with Crippen molar-refractivity contribution in [2.75, 3.05) is 47.1 Å². The van der Waals surface area contributed by atoms with Crippen LogP contribution >= 0.6 is 0 Å². The second-order valence-electron chi connectivity index (χ2n) is 13.5. The van der Waals surface area contributed by atoms with Gasteiger partial charge >= 0.3 is 11.9 Å². The molecule has 226 valence electrons. The van der Waals surface area contributed by atoms with Crippen LogP contribution in [-0.4, -0.2) is 78.2 Å². The molecule has 3 saturated heterocycles. The smallest absolute Gasteiger partial charge is 0.381 e. The van der Waals surface area contributed by atoms with Crippen molar-refractivity contribution in [2.45, 2.75) is 76.0 Å². The Kier molecular flexibility index (Phi) is 6.83.